The van der Waals surface area contributed by atoms with Crippen LogP contribution in [0.15, 0.2) is 57.9 Å². The topological polar surface area (TPSA) is 72.6 Å². The van der Waals surface area contributed by atoms with Crippen molar-refractivity contribution in [3.8, 4) is 5.75 Å². The normalized spacial score (nSPS) is 11.2. The second-order valence-corrected chi connectivity index (χ2v) is 7.73. The summed E-state index contributed by atoms with van der Waals surface area (Å²) < 4.78 is 33.3. The van der Waals surface area contributed by atoms with Crippen LogP contribution in [0.3, 0.4) is 0 Å². The molecule has 0 bridgehead atoms. The lowest BCUT2D eigenvalue weighted by Crippen LogP contribution is -2.35. The molecular formula is C16H20BrClN2O3S. The molecule has 0 unspecified atom stereocenters. The summed E-state index contributed by atoms with van der Waals surface area (Å²) in [5.74, 6) is 0.309. The van der Waals surface area contributed by atoms with Crippen LogP contribution in [0.2, 0.25) is 0 Å². The Balaban J connectivity index is 0.00000288. The number of ether oxygens (including phenoxy) is 1. The van der Waals surface area contributed by atoms with Crippen molar-refractivity contribution in [1.82, 2.24) is 4.31 Å². The molecule has 0 saturated heterocycles. The van der Waals surface area contributed by atoms with E-state index in [4.69, 9.17) is 10.5 Å². The van der Waals surface area contributed by atoms with Crippen LogP contribution >= 0.6 is 28.3 Å². The lowest BCUT2D eigenvalue weighted by atomic mass is 10.2. The first-order chi connectivity index (χ1) is 11.0. The largest absolute Gasteiger partial charge is 0.495 e. The maximum absolute atomic E-state index is 13.0. The van der Waals surface area contributed by atoms with Crippen LogP contribution in [-0.4, -0.2) is 32.9 Å². The highest BCUT2D eigenvalue weighted by Gasteiger charge is 2.27. The van der Waals surface area contributed by atoms with Gasteiger partial charge in [0.05, 0.1) is 7.11 Å². The molecule has 0 amide bonds. The van der Waals surface area contributed by atoms with Crippen molar-refractivity contribution in [2.75, 3.05) is 20.2 Å². The van der Waals surface area contributed by atoms with E-state index in [1.165, 1.54) is 11.4 Å². The highest BCUT2D eigenvalue weighted by Crippen LogP contribution is 2.30. The third-order valence-electron chi connectivity index (χ3n) is 3.32. The Morgan fingerprint density at radius 2 is 1.83 bits per heavy atom. The average molecular weight is 436 g/mol. The molecule has 0 heterocycles. The highest BCUT2D eigenvalue weighted by atomic mass is 79.9. The standard InChI is InChI=1S/C16H19BrN2O3S.ClH/c1-22-15-8-7-14(17)11-16(15)23(20,21)19(10-9-18)12-13-5-3-2-4-6-13;/h2-8,11H,9-10,12,18H2,1H3;1H. The van der Waals surface area contributed by atoms with Crippen molar-refractivity contribution in [1.29, 1.82) is 0 Å². The molecule has 24 heavy (non-hydrogen) atoms. The van der Waals surface area contributed by atoms with E-state index in [2.05, 4.69) is 15.9 Å². The Bertz CT molecular complexity index is 757. The number of hydrogen-bond acceptors (Lipinski definition) is 4. The third kappa shape index (κ3) is 4.94. The van der Waals surface area contributed by atoms with Crippen LogP contribution in [0.25, 0.3) is 0 Å². The molecule has 0 fully saturated rings. The fraction of sp³-hybridized carbons (Fsp3) is 0.250. The van der Waals surface area contributed by atoms with Gasteiger partial charge in [-0.05, 0) is 23.8 Å². The van der Waals surface area contributed by atoms with E-state index in [1.54, 1.807) is 18.2 Å². The van der Waals surface area contributed by atoms with Crippen molar-refractivity contribution in [3.63, 3.8) is 0 Å². The highest BCUT2D eigenvalue weighted by molar-refractivity contribution is 9.10. The second kappa shape index (κ2) is 9.39. The van der Waals surface area contributed by atoms with Crippen LogP contribution in [0.1, 0.15) is 5.56 Å². The Labute approximate surface area is 157 Å². The van der Waals surface area contributed by atoms with Gasteiger partial charge in [-0.15, -0.1) is 12.4 Å². The predicted molar refractivity (Wildman–Crippen MR) is 101 cm³/mol. The van der Waals surface area contributed by atoms with Gasteiger partial charge in [-0.3, -0.25) is 0 Å². The van der Waals surface area contributed by atoms with Crippen molar-refractivity contribution in [2.24, 2.45) is 5.73 Å². The zero-order chi connectivity index (χ0) is 16.9. The SMILES string of the molecule is COc1ccc(Br)cc1S(=O)(=O)N(CCN)Cc1ccccc1.Cl. The molecule has 0 spiro atoms. The maximum atomic E-state index is 13.0. The number of halogens is 2. The van der Waals surface area contributed by atoms with Crippen molar-refractivity contribution < 1.29 is 13.2 Å². The quantitative estimate of drug-likeness (QED) is 0.725. The Morgan fingerprint density at radius 1 is 1.17 bits per heavy atom. The Hall–Kier alpha value is -1.12. The zero-order valence-corrected chi connectivity index (χ0v) is 16.4. The summed E-state index contributed by atoms with van der Waals surface area (Å²) >= 11 is 3.31. The lowest BCUT2D eigenvalue weighted by Gasteiger charge is -2.23. The van der Waals surface area contributed by atoms with Crippen LogP contribution in [0.5, 0.6) is 5.75 Å². The molecule has 2 aromatic carbocycles. The number of nitrogens with zero attached hydrogens (tertiary/aromatic N) is 1. The van der Waals surface area contributed by atoms with E-state index in [-0.39, 0.29) is 36.9 Å². The van der Waals surface area contributed by atoms with Crippen molar-refractivity contribution in [3.05, 3.63) is 58.6 Å². The molecule has 0 aliphatic heterocycles. The van der Waals surface area contributed by atoms with Gasteiger partial charge in [0, 0.05) is 24.1 Å². The number of sulfonamides is 1. The van der Waals surface area contributed by atoms with E-state index in [9.17, 15) is 8.42 Å². The molecule has 0 radical (unpaired) electrons. The van der Waals surface area contributed by atoms with Gasteiger partial charge >= 0.3 is 0 Å². The van der Waals surface area contributed by atoms with E-state index >= 15 is 0 Å². The molecule has 0 atom stereocenters. The number of methoxy groups -OCH3 is 1. The Morgan fingerprint density at radius 3 is 2.42 bits per heavy atom. The van der Waals surface area contributed by atoms with Gasteiger partial charge in [-0.1, -0.05) is 46.3 Å². The fourth-order valence-electron chi connectivity index (χ4n) is 2.21. The van der Waals surface area contributed by atoms with Gasteiger partial charge in [0.2, 0.25) is 10.0 Å². The maximum Gasteiger partial charge on any atom is 0.247 e. The van der Waals surface area contributed by atoms with E-state index in [0.717, 1.165) is 5.56 Å². The summed E-state index contributed by atoms with van der Waals surface area (Å²) in [6.45, 7) is 0.727. The first kappa shape index (κ1) is 20.9. The molecular weight excluding hydrogens is 416 g/mol. The van der Waals surface area contributed by atoms with Gasteiger partial charge in [0.15, 0.2) is 0 Å². The summed E-state index contributed by atoms with van der Waals surface area (Å²) in [7, 11) is -2.28. The molecule has 0 aliphatic carbocycles. The molecule has 8 heteroatoms. The third-order valence-corrected chi connectivity index (χ3v) is 5.68. The van der Waals surface area contributed by atoms with Crippen LogP contribution in [0, 0.1) is 0 Å². The molecule has 2 aromatic rings. The molecule has 2 rings (SSSR count). The molecule has 132 valence electrons. The summed E-state index contributed by atoms with van der Waals surface area (Å²) in [6, 6.07) is 14.3. The minimum atomic E-state index is -3.73. The number of nitrogens with two attached hydrogens (primary N) is 1. The van der Waals surface area contributed by atoms with Gasteiger partial charge in [-0.2, -0.15) is 4.31 Å². The van der Waals surface area contributed by atoms with Crippen molar-refractivity contribution in [2.45, 2.75) is 11.4 Å². The molecule has 2 N–H and O–H groups in total. The molecule has 0 aliphatic rings. The van der Waals surface area contributed by atoms with E-state index < -0.39 is 10.0 Å². The van der Waals surface area contributed by atoms with Gasteiger partial charge < -0.3 is 10.5 Å². The van der Waals surface area contributed by atoms with Crippen LogP contribution < -0.4 is 10.5 Å². The first-order valence-corrected chi connectivity index (χ1v) is 9.30. The summed E-state index contributed by atoms with van der Waals surface area (Å²) in [4.78, 5) is 0.124. The van der Waals surface area contributed by atoms with Gasteiger partial charge in [-0.25, -0.2) is 8.42 Å². The first-order valence-electron chi connectivity index (χ1n) is 7.06. The summed E-state index contributed by atoms with van der Waals surface area (Å²) in [6.07, 6.45) is 0. The summed E-state index contributed by atoms with van der Waals surface area (Å²) in [5, 5.41) is 0. The monoisotopic (exact) mass is 434 g/mol. The molecule has 5 nitrogen and oxygen atoms in total. The van der Waals surface area contributed by atoms with E-state index in [0.29, 0.717) is 10.2 Å². The smallest absolute Gasteiger partial charge is 0.247 e. The lowest BCUT2D eigenvalue weighted by molar-refractivity contribution is 0.388. The van der Waals surface area contributed by atoms with Gasteiger partial charge in [0.25, 0.3) is 0 Å². The van der Waals surface area contributed by atoms with Gasteiger partial charge in [0.1, 0.15) is 10.6 Å². The predicted octanol–water partition coefficient (Wildman–Crippen LogP) is 3.03. The summed E-state index contributed by atoms with van der Waals surface area (Å²) in [5.41, 5.74) is 6.51. The molecule has 0 saturated carbocycles. The number of rotatable bonds is 7. The minimum Gasteiger partial charge on any atom is -0.495 e. The van der Waals surface area contributed by atoms with Crippen LogP contribution in [0.4, 0.5) is 0 Å². The fourth-order valence-corrected chi connectivity index (χ4v) is 4.34. The Kier molecular flexibility index (Phi) is 8.18. The molecule has 0 aromatic heterocycles. The number of benzene rings is 2. The van der Waals surface area contributed by atoms with E-state index in [1.807, 2.05) is 30.3 Å². The van der Waals surface area contributed by atoms with Crippen molar-refractivity contribution >= 4 is 38.4 Å². The average Bonchev–Trinajstić information content (AvgIpc) is 2.55. The number of hydrogen-bond donors (Lipinski definition) is 1. The second-order valence-electron chi connectivity index (χ2n) is 4.91. The zero-order valence-electron chi connectivity index (χ0n) is 13.2. The van der Waals surface area contributed by atoms with Crippen LogP contribution in [-0.2, 0) is 16.6 Å². The minimum absolute atomic E-state index is 0.